The van der Waals surface area contributed by atoms with Gasteiger partial charge in [0.05, 0.1) is 17.5 Å². The van der Waals surface area contributed by atoms with Crippen LogP contribution < -0.4 is 15.8 Å². The van der Waals surface area contributed by atoms with Crippen molar-refractivity contribution in [2.45, 2.75) is 31.7 Å². The van der Waals surface area contributed by atoms with Crippen LogP contribution in [-0.4, -0.2) is 39.8 Å². The number of carbonyl (C=O) groups is 1. The van der Waals surface area contributed by atoms with Gasteiger partial charge in [-0.05, 0) is 29.7 Å². The van der Waals surface area contributed by atoms with Gasteiger partial charge < -0.3 is 15.8 Å². The quantitative estimate of drug-likeness (QED) is 0.743. The summed E-state index contributed by atoms with van der Waals surface area (Å²) in [6.45, 7) is 6.31. The molecule has 1 aromatic carbocycles. The SMILES string of the molecule is CC(C)(C)[C@H](N)C(=O)NCCOc1ccc(S(C)(=O)=O)cc1.Cl. The third kappa shape index (κ3) is 7.20. The molecule has 1 rings (SSSR count). The van der Waals surface area contributed by atoms with E-state index in [4.69, 9.17) is 10.5 Å². The summed E-state index contributed by atoms with van der Waals surface area (Å²) in [7, 11) is -3.21. The van der Waals surface area contributed by atoms with Gasteiger partial charge in [0.15, 0.2) is 9.84 Å². The Labute approximate surface area is 144 Å². The van der Waals surface area contributed by atoms with Crippen LogP contribution in [-0.2, 0) is 14.6 Å². The first kappa shape index (κ1) is 21.7. The third-order valence-corrected chi connectivity index (χ3v) is 4.27. The highest BCUT2D eigenvalue weighted by molar-refractivity contribution is 7.90. The average Bonchev–Trinajstić information content (AvgIpc) is 2.41. The molecule has 3 N–H and O–H groups in total. The van der Waals surface area contributed by atoms with E-state index in [9.17, 15) is 13.2 Å². The van der Waals surface area contributed by atoms with E-state index < -0.39 is 15.9 Å². The maximum absolute atomic E-state index is 11.8. The number of hydrogen-bond acceptors (Lipinski definition) is 5. The first-order chi connectivity index (χ1) is 10.0. The van der Waals surface area contributed by atoms with Gasteiger partial charge in [0.25, 0.3) is 0 Å². The van der Waals surface area contributed by atoms with Crippen molar-refractivity contribution in [1.29, 1.82) is 0 Å². The molecule has 6 nitrogen and oxygen atoms in total. The summed E-state index contributed by atoms with van der Waals surface area (Å²) >= 11 is 0. The molecule has 8 heteroatoms. The lowest BCUT2D eigenvalue weighted by Gasteiger charge is -2.25. The monoisotopic (exact) mass is 364 g/mol. The average molecular weight is 365 g/mol. The van der Waals surface area contributed by atoms with Gasteiger partial charge in [-0.2, -0.15) is 0 Å². The highest BCUT2D eigenvalue weighted by atomic mass is 35.5. The van der Waals surface area contributed by atoms with E-state index in [-0.39, 0.29) is 35.2 Å². The maximum atomic E-state index is 11.8. The highest BCUT2D eigenvalue weighted by Crippen LogP contribution is 2.17. The summed E-state index contributed by atoms with van der Waals surface area (Å²) in [5.74, 6) is 0.324. The van der Waals surface area contributed by atoms with Crippen LogP contribution in [0.1, 0.15) is 20.8 Å². The van der Waals surface area contributed by atoms with E-state index in [1.165, 1.54) is 12.1 Å². The molecular weight excluding hydrogens is 340 g/mol. The van der Waals surface area contributed by atoms with Crippen LogP contribution in [0.4, 0.5) is 0 Å². The van der Waals surface area contributed by atoms with E-state index in [0.29, 0.717) is 12.3 Å². The summed E-state index contributed by atoms with van der Waals surface area (Å²) in [4.78, 5) is 12.0. The van der Waals surface area contributed by atoms with E-state index >= 15 is 0 Å². The zero-order valence-electron chi connectivity index (χ0n) is 13.8. The number of nitrogens with two attached hydrogens (primary N) is 1. The molecule has 0 aromatic heterocycles. The molecule has 1 atom stereocenters. The number of halogens is 1. The minimum absolute atomic E-state index is 0. The van der Waals surface area contributed by atoms with Gasteiger partial charge in [-0.25, -0.2) is 8.42 Å². The molecule has 0 aliphatic carbocycles. The Hall–Kier alpha value is -1.31. The van der Waals surface area contributed by atoms with E-state index in [0.717, 1.165) is 6.26 Å². The minimum atomic E-state index is -3.21. The van der Waals surface area contributed by atoms with Gasteiger partial charge >= 0.3 is 0 Å². The molecular formula is C15H25ClN2O4S. The van der Waals surface area contributed by atoms with Crippen LogP contribution in [0.2, 0.25) is 0 Å². The van der Waals surface area contributed by atoms with Gasteiger partial charge in [0.2, 0.25) is 5.91 Å². The molecule has 0 bridgehead atoms. The largest absolute Gasteiger partial charge is 0.492 e. The van der Waals surface area contributed by atoms with Crippen molar-refractivity contribution < 1.29 is 17.9 Å². The van der Waals surface area contributed by atoms with Crippen LogP contribution in [0.5, 0.6) is 5.75 Å². The van der Waals surface area contributed by atoms with Gasteiger partial charge in [0, 0.05) is 6.26 Å². The number of hydrogen-bond donors (Lipinski definition) is 2. The van der Waals surface area contributed by atoms with Crippen LogP contribution in [0, 0.1) is 5.41 Å². The second-order valence-corrected chi connectivity index (χ2v) is 8.24. The van der Waals surface area contributed by atoms with Gasteiger partial charge in [-0.1, -0.05) is 20.8 Å². The Morgan fingerprint density at radius 2 is 1.78 bits per heavy atom. The van der Waals surface area contributed by atoms with Crippen molar-refractivity contribution in [2.24, 2.45) is 11.1 Å². The van der Waals surface area contributed by atoms with Crippen molar-refractivity contribution in [3.8, 4) is 5.75 Å². The summed E-state index contributed by atoms with van der Waals surface area (Å²) in [5.41, 5.74) is 5.54. The fourth-order valence-electron chi connectivity index (χ4n) is 1.63. The Balaban J connectivity index is 0.00000484. The van der Waals surface area contributed by atoms with Crippen molar-refractivity contribution in [1.82, 2.24) is 5.32 Å². The first-order valence-electron chi connectivity index (χ1n) is 6.98. The first-order valence-corrected chi connectivity index (χ1v) is 8.87. The summed E-state index contributed by atoms with van der Waals surface area (Å²) in [5, 5.41) is 2.71. The van der Waals surface area contributed by atoms with Crippen LogP contribution in [0.25, 0.3) is 0 Å². The number of nitrogens with one attached hydrogen (secondary N) is 1. The lowest BCUT2D eigenvalue weighted by Crippen LogP contribution is -2.49. The van der Waals surface area contributed by atoms with Gasteiger partial charge in [0.1, 0.15) is 12.4 Å². The molecule has 1 aromatic rings. The fourth-order valence-corrected chi connectivity index (χ4v) is 2.26. The standard InChI is InChI=1S/C15H24N2O4S.ClH/c1-15(2,3)13(16)14(18)17-9-10-21-11-5-7-12(8-6-11)22(4,19)20;/h5-8,13H,9-10,16H2,1-4H3,(H,17,18);1H/t13-;/m1./s1. The molecule has 0 unspecified atom stereocenters. The number of benzene rings is 1. The van der Waals surface area contributed by atoms with E-state index in [1.54, 1.807) is 12.1 Å². The minimum Gasteiger partial charge on any atom is -0.492 e. The lowest BCUT2D eigenvalue weighted by atomic mass is 9.87. The second kappa shape index (κ2) is 8.52. The molecule has 0 aliphatic heterocycles. The summed E-state index contributed by atoms with van der Waals surface area (Å²) in [6.07, 6.45) is 1.15. The van der Waals surface area contributed by atoms with E-state index in [1.807, 2.05) is 20.8 Å². The normalized spacial score (nSPS) is 12.9. The van der Waals surface area contributed by atoms with Crippen molar-refractivity contribution in [3.63, 3.8) is 0 Å². The molecule has 0 heterocycles. The molecule has 132 valence electrons. The van der Waals surface area contributed by atoms with Gasteiger partial charge in [-0.3, -0.25) is 4.79 Å². The molecule has 0 spiro atoms. The number of sulfone groups is 1. The van der Waals surface area contributed by atoms with Crippen LogP contribution in [0.3, 0.4) is 0 Å². The van der Waals surface area contributed by atoms with Crippen molar-refractivity contribution in [3.05, 3.63) is 24.3 Å². The number of amides is 1. The smallest absolute Gasteiger partial charge is 0.237 e. The Kier molecular flexibility index (Phi) is 8.03. The zero-order chi connectivity index (χ0) is 17.0. The Morgan fingerprint density at radius 1 is 1.26 bits per heavy atom. The second-order valence-electron chi connectivity index (χ2n) is 6.23. The molecule has 0 saturated heterocycles. The van der Waals surface area contributed by atoms with Crippen LogP contribution >= 0.6 is 12.4 Å². The Morgan fingerprint density at radius 3 is 2.22 bits per heavy atom. The molecule has 1 amide bonds. The lowest BCUT2D eigenvalue weighted by molar-refractivity contribution is -0.124. The number of ether oxygens (including phenoxy) is 1. The Bertz CT molecular complexity index is 609. The molecule has 0 aliphatic rings. The van der Waals surface area contributed by atoms with Crippen molar-refractivity contribution in [2.75, 3.05) is 19.4 Å². The van der Waals surface area contributed by atoms with E-state index in [2.05, 4.69) is 5.32 Å². The van der Waals surface area contributed by atoms with Crippen molar-refractivity contribution >= 4 is 28.2 Å². The number of rotatable bonds is 6. The fraction of sp³-hybridized carbons (Fsp3) is 0.533. The predicted octanol–water partition coefficient (Wildman–Crippen LogP) is 1.38. The number of carbonyl (C=O) groups excluding carboxylic acids is 1. The topological polar surface area (TPSA) is 98.5 Å². The maximum Gasteiger partial charge on any atom is 0.237 e. The van der Waals surface area contributed by atoms with Crippen LogP contribution in [0.15, 0.2) is 29.2 Å². The third-order valence-electron chi connectivity index (χ3n) is 3.14. The molecule has 0 radical (unpaired) electrons. The molecule has 23 heavy (non-hydrogen) atoms. The molecule has 0 saturated carbocycles. The summed E-state index contributed by atoms with van der Waals surface area (Å²) in [6, 6.07) is 5.55. The summed E-state index contributed by atoms with van der Waals surface area (Å²) < 4.78 is 28.1. The zero-order valence-corrected chi connectivity index (χ0v) is 15.5. The highest BCUT2D eigenvalue weighted by Gasteiger charge is 2.26. The predicted molar refractivity (Wildman–Crippen MR) is 92.7 cm³/mol. The molecule has 0 fully saturated rings. The van der Waals surface area contributed by atoms with Gasteiger partial charge in [-0.15, -0.1) is 12.4 Å².